The lowest BCUT2D eigenvalue weighted by atomic mass is 10.1. The molecule has 0 aliphatic carbocycles. The highest BCUT2D eigenvalue weighted by Crippen LogP contribution is 2.06. The van der Waals surface area contributed by atoms with Crippen molar-refractivity contribution in [1.82, 2.24) is 10.2 Å². The molecule has 0 spiro atoms. The van der Waals surface area contributed by atoms with Crippen LogP contribution in [0.25, 0.3) is 0 Å². The fourth-order valence-electron chi connectivity index (χ4n) is 1.64. The molecule has 14 heavy (non-hydrogen) atoms. The molecule has 0 aromatic heterocycles. The molecular formula is C9H16N4O. The molecule has 0 radical (unpaired) electrons. The van der Waals surface area contributed by atoms with Crippen molar-refractivity contribution >= 4 is 5.91 Å². The summed E-state index contributed by atoms with van der Waals surface area (Å²) in [5.41, 5.74) is 5.27. The summed E-state index contributed by atoms with van der Waals surface area (Å²) in [5, 5.41) is 11.8. The Hall–Kier alpha value is -1.12. The standard InChI is InChI=1S/C9H16N4O/c1-7(4-10)6-13-3-2-12-5-8(13)9(11)14/h7-8,12H,2-3,5-6H2,1H3,(H2,11,14). The lowest BCUT2D eigenvalue weighted by Crippen LogP contribution is -2.57. The van der Waals surface area contributed by atoms with Gasteiger partial charge in [0.1, 0.15) is 6.04 Å². The van der Waals surface area contributed by atoms with Crippen molar-refractivity contribution in [2.24, 2.45) is 11.7 Å². The zero-order chi connectivity index (χ0) is 10.6. The highest BCUT2D eigenvalue weighted by Gasteiger charge is 2.27. The lowest BCUT2D eigenvalue weighted by molar-refractivity contribution is -0.123. The maximum absolute atomic E-state index is 11.1. The van der Waals surface area contributed by atoms with E-state index in [9.17, 15) is 4.79 Å². The summed E-state index contributed by atoms with van der Waals surface area (Å²) in [5.74, 6) is -0.378. The number of nitrogens with zero attached hydrogens (tertiary/aromatic N) is 2. The van der Waals surface area contributed by atoms with Gasteiger partial charge in [-0.15, -0.1) is 0 Å². The predicted molar refractivity (Wildman–Crippen MR) is 52.2 cm³/mol. The number of rotatable bonds is 3. The Bertz CT molecular complexity index is 248. The van der Waals surface area contributed by atoms with Gasteiger partial charge >= 0.3 is 0 Å². The van der Waals surface area contributed by atoms with Crippen molar-refractivity contribution in [3.63, 3.8) is 0 Å². The van der Waals surface area contributed by atoms with Crippen LogP contribution < -0.4 is 11.1 Å². The first-order valence-electron chi connectivity index (χ1n) is 4.79. The van der Waals surface area contributed by atoms with Crippen LogP contribution in [0.3, 0.4) is 0 Å². The van der Waals surface area contributed by atoms with Crippen LogP contribution in [0.2, 0.25) is 0 Å². The molecule has 1 aliphatic heterocycles. The van der Waals surface area contributed by atoms with Gasteiger partial charge in [-0.2, -0.15) is 5.26 Å². The molecule has 1 saturated heterocycles. The van der Waals surface area contributed by atoms with E-state index in [-0.39, 0.29) is 17.9 Å². The second kappa shape index (κ2) is 4.94. The third kappa shape index (κ3) is 2.69. The fourth-order valence-corrected chi connectivity index (χ4v) is 1.64. The number of amides is 1. The number of nitriles is 1. The summed E-state index contributed by atoms with van der Waals surface area (Å²) < 4.78 is 0. The van der Waals surface area contributed by atoms with Crippen molar-refractivity contribution in [2.45, 2.75) is 13.0 Å². The average Bonchev–Trinajstić information content (AvgIpc) is 2.18. The second-order valence-electron chi connectivity index (χ2n) is 3.65. The van der Waals surface area contributed by atoms with Crippen molar-refractivity contribution in [3.05, 3.63) is 0 Å². The summed E-state index contributed by atoms with van der Waals surface area (Å²) >= 11 is 0. The highest BCUT2D eigenvalue weighted by molar-refractivity contribution is 5.80. The number of hydrogen-bond acceptors (Lipinski definition) is 4. The van der Waals surface area contributed by atoms with Gasteiger partial charge in [-0.05, 0) is 6.92 Å². The minimum Gasteiger partial charge on any atom is -0.368 e. The van der Waals surface area contributed by atoms with Gasteiger partial charge in [0, 0.05) is 26.2 Å². The van der Waals surface area contributed by atoms with Gasteiger partial charge in [0.2, 0.25) is 5.91 Å². The number of nitrogens with one attached hydrogen (secondary N) is 1. The minimum absolute atomic E-state index is 0.0602. The minimum atomic E-state index is -0.317. The van der Waals surface area contributed by atoms with Crippen molar-refractivity contribution in [2.75, 3.05) is 26.2 Å². The molecule has 5 heteroatoms. The summed E-state index contributed by atoms with van der Waals surface area (Å²) in [4.78, 5) is 13.1. The molecule has 5 nitrogen and oxygen atoms in total. The summed E-state index contributed by atoms with van der Waals surface area (Å²) in [6.07, 6.45) is 0. The lowest BCUT2D eigenvalue weighted by Gasteiger charge is -2.34. The van der Waals surface area contributed by atoms with Gasteiger partial charge < -0.3 is 11.1 Å². The molecule has 1 amide bonds. The van der Waals surface area contributed by atoms with E-state index in [1.165, 1.54) is 0 Å². The van der Waals surface area contributed by atoms with Gasteiger partial charge in [0.25, 0.3) is 0 Å². The number of primary amides is 1. The van der Waals surface area contributed by atoms with Crippen molar-refractivity contribution in [3.8, 4) is 6.07 Å². The van der Waals surface area contributed by atoms with Crippen LogP contribution in [0.15, 0.2) is 0 Å². The molecule has 1 aliphatic rings. The first-order chi connectivity index (χ1) is 6.65. The Labute approximate surface area is 83.9 Å². The van der Waals surface area contributed by atoms with E-state index in [0.29, 0.717) is 13.1 Å². The van der Waals surface area contributed by atoms with Gasteiger partial charge in [0.05, 0.1) is 12.0 Å². The smallest absolute Gasteiger partial charge is 0.236 e. The zero-order valence-electron chi connectivity index (χ0n) is 8.36. The molecule has 78 valence electrons. The number of carbonyl (C=O) groups is 1. The third-order valence-electron chi connectivity index (χ3n) is 2.41. The summed E-state index contributed by atoms with van der Waals surface area (Å²) in [7, 11) is 0. The van der Waals surface area contributed by atoms with Crippen LogP contribution in [0.1, 0.15) is 6.92 Å². The van der Waals surface area contributed by atoms with Gasteiger partial charge in [-0.3, -0.25) is 9.69 Å². The van der Waals surface area contributed by atoms with Crippen LogP contribution in [0, 0.1) is 17.2 Å². The van der Waals surface area contributed by atoms with E-state index < -0.39 is 0 Å². The molecule has 1 fully saturated rings. The van der Waals surface area contributed by atoms with Gasteiger partial charge in [-0.25, -0.2) is 0 Å². The molecule has 1 rings (SSSR count). The largest absolute Gasteiger partial charge is 0.368 e. The van der Waals surface area contributed by atoms with E-state index in [2.05, 4.69) is 11.4 Å². The maximum Gasteiger partial charge on any atom is 0.236 e. The molecule has 0 aromatic rings. The first-order valence-corrected chi connectivity index (χ1v) is 4.79. The Morgan fingerprint density at radius 1 is 1.86 bits per heavy atom. The Morgan fingerprint density at radius 2 is 2.57 bits per heavy atom. The fraction of sp³-hybridized carbons (Fsp3) is 0.778. The van der Waals surface area contributed by atoms with Crippen LogP contribution in [-0.2, 0) is 4.79 Å². The maximum atomic E-state index is 11.1. The number of carbonyl (C=O) groups excluding carboxylic acids is 1. The van der Waals surface area contributed by atoms with Crippen molar-refractivity contribution in [1.29, 1.82) is 5.26 Å². The molecular weight excluding hydrogens is 180 g/mol. The van der Waals surface area contributed by atoms with Crippen LogP contribution in [-0.4, -0.2) is 43.0 Å². The van der Waals surface area contributed by atoms with Crippen LogP contribution >= 0.6 is 0 Å². The normalized spacial score (nSPS) is 25.3. The summed E-state index contributed by atoms with van der Waals surface area (Å²) in [6.45, 7) is 4.68. The van der Waals surface area contributed by atoms with E-state index in [1.54, 1.807) is 0 Å². The van der Waals surface area contributed by atoms with E-state index >= 15 is 0 Å². The molecule has 2 unspecified atom stereocenters. The highest BCUT2D eigenvalue weighted by atomic mass is 16.1. The number of piperazine rings is 1. The Morgan fingerprint density at radius 3 is 3.14 bits per heavy atom. The second-order valence-corrected chi connectivity index (χ2v) is 3.65. The quantitative estimate of drug-likeness (QED) is 0.600. The van der Waals surface area contributed by atoms with Crippen LogP contribution in [0.4, 0.5) is 0 Å². The van der Waals surface area contributed by atoms with Gasteiger partial charge in [0.15, 0.2) is 0 Å². The van der Waals surface area contributed by atoms with E-state index in [4.69, 9.17) is 11.0 Å². The topological polar surface area (TPSA) is 82.2 Å². The predicted octanol–water partition coefficient (Wildman–Crippen LogP) is -1.09. The Kier molecular flexibility index (Phi) is 3.86. The first kappa shape index (κ1) is 11.0. The molecule has 1 heterocycles. The zero-order valence-corrected chi connectivity index (χ0v) is 8.36. The molecule has 0 aromatic carbocycles. The molecule has 0 saturated carbocycles. The van der Waals surface area contributed by atoms with Gasteiger partial charge in [-0.1, -0.05) is 0 Å². The van der Waals surface area contributed by atoms with Crippen LogP contribution in [0.5, 0.6) is 0 Å². The summed E-state index contributed by atoms with van der Waals surface area (Å²) in [6, 6.07) is 1.89. The third-order valence-corrected chi connectivity index (χ3v) is 2.41. The molecule has 2 atom stereocenters. The SMILES string of the molecule is CC(C#N)CN1CCNCC1C(N)=O. The number of hydrogen-bond donors (Lipinski definition) is 2. The average molecular weight is 196 g/mol. The number of nitrogens with two attached hydrogens (primary N) is 1. The Balaban J connectivity index is 2.55. The monoisotopic (exact) mass is 196 g/mol. The molecule has 0 bridgehead atoms. The van der Waals surface area contributed by atoms with Crippen molar-refractivity contribution < 1.29 is 4.79 Å². The molecule has 3 N–H and O–H groups in total. The van der Waals surface area contributed by atoms with E-state index in [0.717, 1.165) is 13.1 Å². The van der Waals surface area contributed by atoms with E-state index in [1.807, 2.05) is 11.8 Å².